The number of hydrogen-bond donors (Lipinski definition) is 1. The van der Waals surface area contributed by atoms with Gasteiger partial charge in [0.05, 0.1) is 12.3 Å². The Morgan fingerprint density at radius 1 is 1.61 bits per heavy atom. The van der Waals surface area contributed by atoms with Gasteiger partial charge in [-0.15, -0.1) is 0 Å². The fourth-order valence-electron chi connectivity index (χ4n) is 1.74. The number of aromatic carboxylic acids is 1. The lowest BCUT2D eigenvalue weighted by atomic mass is 10.2. The van der Waals surface area contributed by atoms with Crippen molar-refractivity contribution in [2.24, 2.45) is 5.92 Å². The molecule has 0 atom stereocenters. The standard InChI is InChI=1S/C13H18N2O3/c1-15(6-7-18-9-10-2-3-10)12-4-5-14-8-11(12)13(16)17/h4-5,8,10H,2-3,6-7,9H2,1H3,(H,16,17). The van der Waals surface area contributed by atoms with Crippen molar-refractivity contribution in [1.29, 1.82) is 0 Å². The predicted octanol–water partition coefficient (Wildman–Crippen LogP) is 1.64. The number of rotatable bonds is 7. The molecule has 5 heteroatoms. The van der Waals surface area contributed by atoms with Crippen LogP contribution in [0.5, 0.6) is 0 Å². The topological polar surface area (TPSA) is 62.7 Å². The molecule has 1 aliphatic rings. The molecule has 1 aromatic heterocycles. The number of hydrogen-bond acceptors (Lipinski definition) is 4. The van der Waals surface area contributed by atoms with E-state index in [0.29, 0.717) is 18.8 Å². The van der Waals surface area contributed by atoms with E-state index >= 15 is 0 Å². The average Bonchev–Trinajstić information content (AvgIpc) is 3.18. The van der Waals surface area contributed by atoms with E-state index in [2.05, 4.69) is 4.98 Å². The molecule has 0 amide bonds. The van der Waals surface area contributed by atoms with Gasteiger partial charge in [-0.1, -0.05) is 0 Å². The molecule has 2 rings (SSSR count). The van der Waals surface area contributed by atoms with Gasteiger partial charge in [0.25, 0.3) is 0 Å². The third-order valence-electron chi connectivity index (χ3n) is 3.06. The molecule has 1 fully saturated rings. The normalized spacial score (nSPS) is 14.5. The second kappa shape index (κ2) is 5.82. The third-order valence-corrected chi connectivity index (χ3v) is 3.06. The van der Waals surface area contributed by atoms with Gasteiger partial charge in [-0.05, 0) is 24.8 Å². The van der Waals surface area contributed by atoms with Crippen LogP contribution in [0.15, 0.2) is 18.5 Å². The number of carbonyl (C=O) groups is 1. The Hall–Kier alpha value is -1.62. The maximum atomic E-state index is 11.1. The van der Waals surface area contributed by atoms with Crippen LogP contribution < -0.4 is 4.90 Å². The first-order valence-corrected chi connectivity index (χ1v) is 6.14. The summed E-state index contributed by atoms with van der Waals surface area (Å²) in [5.41, 5.74) is 0.898. The maximum Gasteiger partial charge on any atom is 0.339 e. The zero-order chi connectivity index (χ0) is 13.0. The summed E-state index contributed by atoms with van der Waals surface area (Å²) in [5.74, 6) is -0.199. The highest BCUT2D eigenvalue weighted by Gasteiger charge is 2.21. The highest BCUT2D eigenvalue weighted by atomic mass is 16.5. The van der Waals surface area contributed by atoms with E-state index in [9.17, 15) is 4.79 Å². The number of likely N-dealkylation sites (N-methyl/N-ethyl adjacent to an activating group) is 1. The molecule has 1 aliphatic carbocycles. The monoisotopic (exact) mass is 250 g/mol. The second-order valence-electron chi connectivity index (χ2n) is 4.64. The van der Waals surface area contributed by atoms with Gasteiger partial charge in [-0.25, -0.2) is 4.79 Å². The largest absolute Gasteiger partial charge is 0.478 e. The van der Waals surface area contributed by atoms with E-state index < -0.39 is 5.97 Å². The minimum atomic E-state index is -0.955. The Kier molecular flexibility index (Phi) is 4.15. The lowest BCUT2D eigenvalue weighted by Crippen LogP contribution is -2.25. The summed E-state index contributed by atoms with van der Waals surface area (Å²) in [5, 5.41) is 9.07. The summed E-state index contributed by atoms with van der Waals surface area (Å²) in [6.07, 6.45) is 5.54. The Morgan fingerprint density at radius 3 is 3.06 bits per heavy atom. The number of nitrogens with zero attached hydrogens (tertiary/aromatic N) is 2. The summed E-state index contributed by atoms with van der Waals surface area (Å²) in [6, 6.07) is 1.71. The van der Waals surface area contributed by atoms with Crippen molar-refractivity contribution in [1.82, 2.24) is 4.98 Å². The van der Waals surface area contributed by atoms with Crippen LogP contribution >= 0.6 is 0 Å². The van der Waals surface area contributed by atoms with Gasteiger partial charge in [0.15, 0.2) is 0 Å². The minimum Gasteiger partial charge on any atom is -0.478 e. The van der Waals surface area contributed by atoms with Gasteiger partial charge in [0.1, 0.15) is 5.56 Å². The van der Waals surface area contributed by atoms with Crippen LogP contribution in [-0.4, -0.2) is 42.9 Å². The van der Waals surface area contributed by atoms with E-state index in [1.165, 1.54) is 19.0 Å². The van der Waals surface area contributed by atoms with E-state index in [0.717, 1.165) is 12.5 Å². The summed E-state index contributed by atoms with van der Waals surface area (Å²) >= 11 is 0. The van der Waals surface area contributed by atoms with Crippen LogP contribution in [0.2, 0.25) is 0 Å². The van der Waals surface area contributed by atoms with E-state index in [1.807, 2.05) is 11.9 Å². The predicted molar refractivity (Wildman–Crippen MR) is 68.0 cm³/mol. The Morgan fingerprint density at radius 2 is 2.39 bits per heavy atom. The molecule has 0 aromatic carbocycles. The van der Waals surface area contributed by atoms with E-state index in [-0.39, 0.29) is 5.56 Å². The zero-order valence-corrected chi connectivity index (χ0v) is 10.5. The summed E-state index contributed by atoms with van der Waals surface area (Å²) in [6.45, 7) is 2.13. The lowest BCUT2D eigenvalue weighted by Gasteiger charge is -2.20. The Bertz CT molecular complexity index is 418. The lowest BCUT2D eigenvalue weighted by molar-refractivity contribution is 0.0697. The fourth-order valence-corrected chi connectivity index (χ4v) is 1.74. The van der Waals surface area contributed by atoms with Crippen LogP contribution in [-0.2, 0) is 4.74 Å². The van der Waals surface area contributed by atoms with Crippen molar-refractivity contribution >= 4 is 11.7 Å². The molecule has 0 radical (unpaired) electrons. The molecule has 0 bridgehead atoms. The SMILES string of the molecule is CN(CCOCC1CC1)c1ccncc1C(=O)O. The molecule has 18 heavy (non-hydrogen) atoms. The first-order chi connectivity index (χ1) is 8.68. The minimum absolute atomic E-state index is 0.224. The molecule has 1 saturated carbocycles. The highest BCUT2D eigenvalue weighted by molar-refractivity contribution is 5.93. The highest BCUT2D eigenvalue weighted by Crippen LogP contribution is 2.28. The number of ether oxygens (including phenoxy) is 1. The smallest absolute Gasteiger partial charge is 0.339 e. The van der Waals surface area contributed by atoms with Crippen LogP contribution in [0.25, 0.3) is 0 Å². The fraction of sp³-hybridized carbons (Fsp3) is 0.538. The molecule has 5 nitrogen and oxygen atoms in total. The number of anilines is 1. The van der Waals surface area contributed by atoms with Crippen molar-refractivity contribution in [3.63, 3.8) is 0 Å². The van der Waals surface area contributed by atoms with Gasteiger partial charge in [0, 0.05) is 32.6 Å². The Labute approximate surface area is 106 Å². The number of carboxylic acid groups (broad SMARTS) is 1. The van der Waals surface area contributed by atoms with Crippen molar-refractivity contribution in [3.05, 3.63) is 24.0 Å². The second-order valence-corrected chi connectivity index (χ2v) is 4.64. The molecule has 0 unspecified atom stereocenters. The van der Waals surface area contributed by atoms with Gasteiger partial charge >= 0.3 is 5.97 Å². The van der Waals surface area contributed by atoms with Crippen molar-refractivity contribution < 1.29 is 14.6 Å². The average molecular weight is 250 g/mol. The quantitative estimate of drug-likeness (QED) is 0.745. The first-order valence-electron chi connectivity index (χ1n) is 6.14. The number of aromatic nitrogens is 1. The first kappa shape index (κ1) is 12.8. The maximum absolute atomic E-state index is 11.1. The van der Waals surface area contributed by atoms with Crippen LogP contribution in [0.1, 0.15) is 23.2 Å². The molecule has 0 aliphatic heterocycles. The van der Waals surface area contributed by atoms with E-state index in [4.69, 9.17) is 9.84 Å². The van der Waals surface area contributed by atoms with Crippen LogP contribution in [0.3, 0.4) is 0 Å². The molecular formula is C13H18N2O3. The molecule has 0 saturated heterocycles. The number of carboxylic acids is 1. The van der Waals surface area contributed by atoms with Gasteiger partial charge in [0.2, 0.25) is 0 Å². The molecule has 1 heterocycles. The number of pyridine rings is 1. The Balaban J connectivity index is 1.86. The summed E-state index contributed by atoms with van der Waals surface area (Å²) in [4.78, 5) is 16.8. The summed E-state index contributed by atoms with van der Waals surface area (Å²) in [7, 11) is 1.86. The van der Waals surface area contributed by atoms with Crippen LogP contribution in [0.4, 0.5) is 5.69 Å². The summed E-state index contributed by atoms with van der Waals surface area (Å²) < 4.78 is 5.55. The van der Waals surface area contributed by atoms with Gasteiger partial charge in [-0.2, -0.15) is 0 Å². The molecule has 0 spiro atoms. The van der Waals surface area contributed by atoms with Gasteiger partial charge in [-0.3, -0.25) is 4.98 Å². The third kappa shape index (κ3) is 3.43. The zero-order valence-electron chi connectivity index (χ0n) is 10.5. The molecule has 1 N–H and O–H groups in total. The molecule has 98 valence electrons. The van der Waals surface area contributed by atoms with Crippen molar-refractivity contribution in [3.8, 4) is 0 Å². The van der Waals surface area contributed by atoms with Gasteiger partial charge < -0.3 is 14.7 Å². The molecule has 1 aromatic rings. The van der Waals surface area contributed by atoms with E-state index in [1.54, 1.807) is 12.3 Å². The van der Waals surface area contributed by atoms with Crippen LogP contribution in [0, 0.1) is 5.92 Å². The van der Waals surface area contributed by atoms with Crippen molar-refractivity contribution in [2.75, 3.05) is 31.7 Å². The van der Waals surface area contributed by atoms with Crippen molar-refractivity contribution in [2.45, 2.75) is 12.8 Å². The molecular weight excluding hydrogens is 232 g/mol.